The van der Waals surface area contributed by atoms with Crippen LogP contribution in [0.2, 0.25) is 0 Å². The molecular formula is C34H68O3. The van der Waals surface area contributed by atoms with Crippen molar-refractivity contribution in [3.8, 4) is 0 Å². The van der Waals surface area contributed by atoms with Crippen LogP contribution >= 0.6 is 0 Å². The summed E-state index contributed by atoms with van der Waals surface area (Å²) >= 11 is 0. The number of hydrogen-bond donors (Lipinski definition) is 0. The van der Waals surface area contributed by atoms with Crippen LogP contribution < -0.4 is 0 Å². The molecule has 0 aliphatic carbocycles. The van der Waals surface area contributed by atoms with E-state index in [-0.39, 0.29) is 5.97 Å². The van der Waals surface area contributed by atoms with Crippen LogP contribution in [0.5, 0.6) is 0 Å². The highest BCUT2D eigenvalue weighted by atomic mass is 16.5. The largest absolute Gasteiger partial charge is 0.466 e. The van der Waals surface area contributed by atoms with Gasteiger partial charge in [-0.05, 0) is 25.7 Å². The first-order chi connectivity index (χ1) is 18.3. The van der Waals surface area contributed by atoms with E-state index < -0.39 is 0 Å². The molecule has 3 nitrogen and oxygen atoms in total. The number of carbonyl (C=O) groups is 1. The van der Waals surface area contributed by atoms with Gasteiger partial charge >= 0.3 is 5.97 Å². The van der Waals surface area contributed by atoms with E-state index in [0.717, 1.165) is 32.5 Å². The average molecular weight is 525 g/mol. The van der Waals surface area contributed by atoms with E-state index in [2.05, 4.69) is 13.8 Å². The molecule has 0 aromatic heterocycles. The lowest BCUT2D eigenvalue weighted by Crippen LogP contribution is -2.06. The third-order valence-corrected chi connectivity index (χ3v) is 7.57. The summed E-state index contributed by atoms with van der Waals surface area (Å²) < 4.78 is 11.1. The van der Waals surface area contributed by atoms with Crippen LogP contribution in [0.3, 0.4) is 0 Å². The first-order valence-electron chi connectivity index (χ1n) is 17.0. The van der Waals surface area contributed by atoms with Crippen molar-refractivity contribution in [1.29, 1.82) is 0 Å². The van der Waals surface area contributed by atoms with Gasteiger partial charge in [0.05, 0.1) is 6.61 Å². The van der Waals surface area contributed by atoms with Crippen LogP contribution in [0, 0.1) is 0 Å². The van der Waals surface area contributed by atoms with Gasteiger partial charge in [-0.25, -0.2) is 0 Å². The minimum absolute atomic E-state index is 0.0130. The Balaban J connectivity index is 3.14. The van der Waals surface area contributed by atoms with Gasteiger partial charge in [-0.3, -0.25) is 4.79 Å². The van der Waals surface area contributed by atoms with Crippen molar-refractivity contribution in [2.24, 2.45) is 0 Å². The quantitative estimate of drug-likeness (QED) is 0.0648. The Morgan fingerprint density at radius 1 is 0.378 bits per heavy atom. The topological polar surface area (TPSA) is 35.5 Å². The Bertz CT molecular complexity index is 423. The second kappa shape index (κ2) is 33.5. The minimum atomic E-state index is -0.0130. The zero-order valence-electron chi connectivity index (χ0n) is 25.6. The summed E-state index contributed by atoms with van der Waals surface area (Å²) in [6.45, 7) is 6.80. The Morgan fingerprint density at radius 2 is 0.676 bits per heavy atom. The fraction of sp³-hybridized carbons (Fsp3) is 0.971. The molecule has 37 heavy (non-hydrogen) atoms. The molecule has 0 aromatic carbocycles. The molecule has 0 bridgehead atoms. The Morgan fingerprint density at radius 3 is 1.08 bits per heavy atom. The van der Waals surface area contributed by atoms with Crippen molar-refractivity contribution in [3.05, 3.63) is 0 Å². The molecule has 0 unspecified atom stereocenters. The van der Waals surface area contributed by atoms with Gasteiger partial charge in [0.1, 0.15) is 0 Å². The molecule has 0 spiro atoms. The summed E-state index contributed by atoms with van der Waals surface area (Å²) in [4.78, 5) is 11.9. The van der Waals surface area contributed by atoms with E-state index in [0.29, 0.717) is 13.0 Å². The number of hydrogen-bond acceptors (Lipinski definition) is 3. The van der Waals surface area contributed by atoms with Gasteiger partial charge in [-0.15, -0.1) is 0 Å². The molecule has 0 rings (SSSR count). The van der Waals surface area contributed by atoms with Gasteiger partial charge in [-0.1, -0.05) is 162 Å². The molecule has 0 saturated heterocycles. The van der Waals surface area contributed by atoms with Crippen molar-refractivity contribution in [3.63, 3.8) is 0 Å². The Kier molecular flexibility index (Phi) is 32.9. The fourth-order valence-corrected chi connectivity index (χ4v) is 5.00. The third kappa shape index (κ3) is 33.4. The van der Waals surface area contributed by atoms with Crippen LogP contribution in [0.4, 0.5) is 0 Å². The first-order valence-corrected chi connectivity index (χ1v) is 17.0. The van der Waals surface area contributed by atoms with Gasteiger partial charge in [0.15, 0.2) is 0 Å². The molecule has 0 aliphatic heterocycles. The highest BCUT2D eigenvalue weighted by molar-refractivity contribution is 5.69. The van der Waals surface area contributed by atoms with E-state index in [1.807, 2.05) is 0 Å². The number of esters is 1. The van der Waals surface area contributed by atoms with E-state index in [1.54, 1.807) is 0 Å². The SMILES string of the molecule is CCCCCCCCCCCCCCCCCC(=O)OCCCCOCCCCCCCCCCCC. The lowest BCUT2D eigenvalue weighted by molar-refractivity contribution is -0.144. The number of carbonyl (C=O) groups excluding carboxylic acids is 1. The summed E-state index contributed by atoms with van der Waals surface area (Å²) in [6, 6.07) is 0. The predicted molar refractivity (Wildman–Crippen MR) is 162 cm³/mol. The van der Waals surface area contributed by atoms with Crippen molar-refractivity contribution in [1.82, 2.24) is 0 Å². The zero-order valence-corrected chi connectivity index (χ0v) is 25.6. The molecule has 222 valence electrons. The average Bonchev–Trinajstić information content (AvgIpc) is 2.90. The predicted octanol–water partition coefficient (Wildman–Crippen LogP) is 11.5. The summed E-state index contributed by atoms with van der Waals surface area (Å²) in [6.07, 6.45) is 36.4. The van der Waals surface area contributed by atoms with Gasteiger partial charge in [0.2, 0.25) is 0 Å². The van der Waals surface area contributed by atoms with Gasteiger partial charge < -0.3 is 9.47 Å². The van der Waals surface area contributed by atoms with Crippen LogP contribution in [0.25, 0.3) is 0 Å². The zero-order chi connectivity index (χ0) is 26.9. The monoisotopic (exact) mass is 525 g/mol. The van der Waals surface area contributed by atoms with Crippen LogP contribution in [0.15, 0.2) is 0 Å². The van der Waals surface area contributed by atoms with Crippen molar-refractivity contribution < 1.29 is 14.3 Å². The summed E-state index contributed by atoms with van der Waals surface area (Å²) in [5.74, 6) is -0.0130. The molecule has 0 atom stereocenters. The molecule has 0 fully saturated rings. The molecule has 0 aliphatic rings. The molecule has 0 aromatic rings. The maximum atomic E-state index is 11.9. The van der Waals surface area contributed by atoms with E-state index in [1.165, 1.54) is 154 Å². The first kappa shape index (κ1) is 36.4. The summed E-state index contributed by atoms with van der Waals surface area (Å²) in [5.41, 5.74) is 0. The van der Waals surface area contributed by atoms with Crippen molar-refractivity contribution in [2.45, 2.75) is 194 Å². The smallest absolute Gasteiger partial charge is 0.305 e. The van der Waals surface area contributed by atoms with Crippen LogP contribution in [0.1, 0.15) is 194 Å². The standard InChI is InChI=1S/C34H68O3/c1-3-5-7-9-11-13-15-16-17-18-19-20-22-24-26-30-34(35)37-33-29-28-32-36-31-27-25-23-21-14-12-10-8-6-4-2/h3-33H2,1-2H3. The molecule has 0 heterocycles. The normalized spacial score (nSPS) is 11.3. The number of ether oxygens (including phenoxy) is 2. The van der Waals surface area contributed by atoms with Crippen molar-refractivity contribution in [2.75, 3.05) is 19.8 Å². The second-order valence-electron chi connectivity index (χ2n) is 11.4. The van der Waals surface area contributed by atoms with Gasteiger partial charge in [0.25, 0.3) is 0 Å². The number of rotatable bonds is 32. The van der Waals surface area contributed by atoms with E-state index in [4.69, 9.17) is 9.47 Å². The van der Waals surface area contributed by atoms with Crippen LogP contribution in [-0.4, -0.2) is 25.8 Å². The van der Waals surface area contributed by atoms with Crippen LogP contribution in [-0.2, 0) is 14.3 Å². The fourth-order valence-electron chi connectivity index (χ4n) is 5.00. The maximum absolute atomic E-state index is 11.9. The second-order valence-corrected chi connectivity index (χ2v) is 11.4. The lowest BCUT2D eigenvalue weighted by Gasteiger charge is -2.06. The molecule has 0 N–H and O–H groups in total. The highest BCUT2D eigenvalue weighted by Crippen LogP contribution is 2.14. The van der Waals surface area contributed by atoms with E-state index in [9.17, 15) is 4.79 Å². The molecule has 0 amide bonds. The van der Waals surface area contributed by atoms with Crippen molar-refractivity contribution >= 4 is 5.97 Å². The summed E-state index contributed by atoms with van der Waals surface area (Å²) in [7, 11) is 0. The Labute approximate surface area is 233 Å². The minimum Gasteiger partial charge on any atom is -0.466 e. The molecule has 3 heteroatoms. The lowest BCUT2D eigenvalue weighted by atomic mass is 10.0. The third-order valence-electron chi connectivity index (χ3n) is 7.57. The molecule has 0 radical (unpaired) electrons. The van der Waals surface area contributed by atoms with E-state index >= 15 is 0 Å². The summed E-state index contributed by atoms with van der Waals surface area (Å²) in [5, 5.41) is 0. The maximum Gasteiger partial charge on any atom is 0.305 e. The molecular weight excluding hydrogens is 456 g/mol. The molecule has 0 saturated carbocycles. The Hall–Kier alpha value is -0.570. The van der Waals surface area contributed by atoms with Gasteiger partial charge in [-0.2, -0.15) is 0 Å². The number of unbranched alkanes of at least 4 members (excludes halogenated alkanes) is 24. The highest BCUT2D eigenvalue weighted by Gasteiger charge is 2.03. The van der Waals surface area contributed by atoms with Gasteiger partial charge in [0, 0.05) is 19.6 Å².